The zero-order valence-corrected chi connectivity index (χ0v) is 17.9. The lowest BCUT2D eigenvalue weighted by atomic mass is 10.1. The van der Waals surface area contributed by atoms with Gasteiger partial charge in [0.15, 0.2) is 6.73 Å². The molecule has 0 saturated heterocycles. The van der Waals surface area contributed by atoms with Crippen LogP contribution >= 0.6 is 0 Å². The Labute approximate surface area is 188 Å². The zero-order valence-electron chi connectivity index (χ0n) is 17.9. The number of hydrogen-bond donors (Lipinski definition) is 3. The largest absolute Gasteiger partial charge is 0.491 e. The molecule has 3 N–H and O–H groups in total. The summed E-state index contributed by atoms with van der Waals surface area (Å²) in [6.07, 6.45) is -3.01. The van der Waals surface area contributed by atoms with Crippen LogP contribution in [0.4, 0.5) is 42.0 Å². The van der Waals surface area contributed by atoms with Crippen LogP contribution < -0.4 is 25.4 Å². The average Bonchev–Trinajstić information content (AvgIpc) is 3.24. The Balaban J connectivity index is 1.54. The van der Waals surface area contributed by atoms with Crippen LogP contribution in [0.15, 0.2) is 42.6 Å². The van der Waals surface area contributed by atoms with Gasteiger partial charge >= 0.3 is 6.18 Å². The summed E-state index contributed by atoms with van der Waals surface area (Å²) in [5.41, 5.74) is 1.68. The molecule has 11 heteroatoms. The van der Waals surface area contributed by atoms with E-state index in [2.05, 4.69) is 25.9 Å². The number of methoxy groups -OCH3 is 1. The summed E-state index contributed by atoms with van der Waals surface area (Å²) in [6.45, 7) is 2.43. The fraction of sp³-hybridized carbons (Fsp3) is 0.273. The number of halogens is 3. The van der Waals surface area contributed by atoms with E-state index in [-0.39, 0.29) is 30.6 Å². The number of alkyl halides is 3. The van der Waals surface area contributed by atoms with Gasteiger partial charge < -0.3 is 30.2 Å². The summed E-state index contributed by atoms with van der Waals surface area (Å²) in [7, 11) is 1.45. The quantitative estimate of drug-likeness (QED) is 0.401. The summed E-state index contributed by atoms with van der Waals surface area (Å²) in [5, 5.41) is 9.14. The van der Waals surface area contributed by atoms with Crippen molar-refractivity contribution in [2.24, 2.45) is 0 Å². The van der Waals surface area contributed by atoms with Crippen LogP contribution in [-0.2, 0) is 10.9 Å². The molecule has 0 spiro atoms. The van der Waals surface area contributed by atoms with Gasteiger partial charge in [0.25, 0.3) is 0 Å². The van der Waals surface area contributed by atoms with E-state index in [1.54, 1.807) is 6.20 Å². The maximum absolute atomic E-state index is 13.5. The van der Waals surface area contributed by atoms with Crippen molar-refractivity contribution in [3.8, 4) is 11.5 Å². The topological polar surface area (TPSA) is 89.6 Å². The summed E-state index contributed by atoms with van der Waals surface area (Å²) < 4.78 is 56.1. The predicted octanol–water partition coefficient (Wildman–Crippen LogP) is 5.08. The molecule has 2 aromatic carbocycles. The van der Waals surface area contributed by atoms with Crippen molar-refractivity contribution >= 4 is 28.8 Å². The number of benzene rings is 2. The Morgan fingerprint density at radius 3 is 2.67 bits per heavy atom. The fourth-order valence-corrected chi connectivity index (χ4v) is 3.15. The van der Waals surface area contributed by atoms with Crippen molar-refractivity contribution in [2.75, 3.05) is 43.0 Å². The van der Waals surface area contributed by atoms with E-state index in [0.29, 0.717) is 12.5 Å². The normalized spacial score (nSPS) is 12.5. The number of nitrogens with zero attached hydrogens (tertiary/aromatic N) is 2. The van der Waals surface area contributed by atoms with Crippen LogP contribution in [0.25, 0.3) is 0 Å². The molecule has 0 aliphatic carbocycles. The van der Waals surface area contributed by atoms with Gasteiger partial charge in [0.05, 0.1) is 17.9 Å². The van der Waals surface area contributed by atoms with Gasteiger partial charge in [-0.3, -0.25) is 0 Å². The molecular formula is C22H22F3N5O3. The van der Waals surface area contributed by atoms with Crippen molar-refractivity contribution in [3.63, 3.8) is 0 Å². The number of aromatic nitrogens is 2. The fourth-order valence-electron chi connectivity index (χ4n) is 3.15. The van der Waals surface area contributed by atoms with E-state index in [1.165, 1.54) is 19.2 Å². The van der Waals surface area contributed by atoms with Crippen LogP contribution in [0.2, 0.25) is 0 Å². The molecule has 0 bridgehead atoms. The first-order valence-corrected chi connectivity index (χ1v) is 10.0. The van der Waals surface area contributed by atoms with Crippen LogP contribution in [0.1, 0.15) is 11.1 Å². The van der Waals surface area contributed by atoms with Crippen molar-refractivity contribution in [3.05, 3.63) is 53.7 Å². The molecule has 0 atom stereocenters. The SMILES string of the molecule is COCCOc1ccc(Nc2ncc(C)c(Nc3ccc4c(c3)NCO4)n2)cc1C(F)(F)F. The average molecular weight is 461 g/mol. The van der Waals surface area contributed by atoms with Gasteiger partial charge in [0, 0.05) is 30.2 Å². The molecule has 0 amide bonds. The summed E-state index contributed by atoms with van der Waals surface area (Å²) in [4.78, 5) is 8.60. The second-order valence-electron chi connectivity index (χ2n) is 7.20. The highest BCUT2D eigenvalue weighted by Crippen LogP contribution is 2.38. The summed E-state index contributed by atoms with van der Waals surface area (Å²) in [5.74, 6) is 1.15. The van der Waals surface area contributed by atoms with Gasteiger partial charge in [-0.2, -0.15) is 18.2 Å². The van der Waals surface area contributed by atoms with E-state index in [1.807, 2.05) is 25.1 Å². The van der Waals surface area contributed by atoms with Crippen LogP contribution in [0, 0.1) is 6.92 Å². The van der Waals surface area contributed by atoms with Gasteiger partial charge in [-0.1, -0.05) is 0 Å². The first-order chi connectivity index (χ1) is 15.8. The molecule has 0 unspecified atom stereocenters. The number of anilines is 5. The Hall–Kier alpha value is -3.73. The minimum atomic E-state index is -4.59. The first kappa shape index (κ1) is 22.5. The number of fused-ring (bicyclic) bond motifs is 1. The minimum absolute atomic E-state index is 0.00674. The van der Waals surface area contributed by atoms with Gasteiger partial charge in [-0.05, 0) is 43.3 Å². The van der Waals surface area contributed by atoms with Crippen LogP contribution in [-0.4, -0.2) is 37.0 Å². The number of rotatable bonds is 8. The molecular weight excluding hydrogens is 439 g/mol. The molecule has 8 nitrogen and oxygen atoms in total. The Morgan fingerprint density at radius 1 is 1.09 bits per heavy atom. The van der Waals surface area contributed by atoms with E-state index >= 15 is 0 Å². The maximum Gasteiger partial charge on any atom is 0.420 e. The van der Waals surface area contributed by atoms with Crippen LogP contribution in [0.5, 0.6) is 11.5 Å². The van der Waals surface area contributed by atoms with Crippen molar-refractivity contribution in [2.45, 2.75) is 13.1 Å². The molecule has 4 rings (SSSR count). The lowest BCUT2D eigenvalue weighted by Gasteiger charge is -2.16. The first-order valence-electron chi connectivity index (χ1n) is 10.0. The lowest BCUT2D eigenvalue weighted by molar-refractivity contribution is -0.139. The van der Waals surface area contributed by atoms with Gasteiger partial charge in [0.1, 0.15) is 23.9 Å². The number of aryl methyl sites for hydroxylation is 1. The Bertz CT molecular complexity index is 1140. The third kappa shape index (κ3) is 5.37. The van der Waals surface area contributed by atoms with Crippen LogP contribution in [0.3, 0.4) is 0 Å². The highest BCUT2D eigenvalue weighted by atomic mass is 19.4. The second kappa shape index (κ2) is 9.41. The second-order valence-corrected chi connectivity index (χ2v) is 7.20. The van der Waals surface area contributed by atoms with Crippen molar-refractivity contribution in [1.29, 1.82) is 0 Å². The van der Waals surface area contributed by atoms with Gasteiger partial charge in [-0.25, -0.2) is 4.98 Å². The summed E-state index contributed by atoms with van der Waals surface area (Å²) >= 11 is 0. The molecule has 1 aromatic heterocycles. The van der Waals surface area contributed by atoms with E-state index in [0.717, 1.165) is 28.8 Å². The highest BCUT2D eigenvalue weighted by Gasteiger charge is 2.34. The monoisotopic (exact) mass is 461 g/mol. The highest BCUT2D eigenvalue weighted by molar-refractivity contribution is 5.70. The molecule has 0 saturated carbocycles. The van der Waals surface area contributed by atoms with Gasteiger partial charge in [-0.15, -0.1) is 0 Å². The molecule has 0 radical (unpaired) electrons. The van der Waals surface area contributed by atoms with Gasteiger partial charge in [0.2, 0.25) is 5.95 Å². The summed E-state index contributed by atoms with van der Waals surface area (Å²) in [6, 6.07) is 9.26. The lowest BCUT2D eigenvalue weighted by Crippen LogP contribution is -2.12. The molecule has 174 valence electrons. The molecule has 0 fully saturated rings. The predicted molar refractivity (Wildman–Crippen MR) is 118 cm³/mol. The number of ether oxygens (including phenoxy) is 3. The molecule has 1 aliphatic rings. The van der Waals surface area contributed by atoms with E-state index < -0.39 is 11.7 Å². The molecule has 2 heterocycles. The van der Waals surface area contributed by atoms with Crippen molar-refractivity contribution < 1.29 is 27.4 Å². The number of nitrogens with one attached hydrogen (secondary N) is 3. The Kier molecular flexibility index (Phi) is 6.40. The number of hydrogen-bond acceptors (Lipinski definition) is 8. The zero-order chi connectivity index (χ0) is 23.4. The standard InChI is InChI=1S/C22H22F3N5O3/c1-13-11-26-21(30-20(13)28-15-4-6-19-17(10-15)27-12-33-19)29-14-3-5-18(32-8-7-31-2)16(9-14)22(23,24)25/h3-6,9-11,27H,7-8,12H2,1-2H3,(H2,26,28,29,30). The molecule has 3 aromatic rings. The molecule has 1 aliphatic heterocycles. The van der Waals surface area contributed by atoms with Crippen molar-refractivity contribution in [1.82, 2.24) is 9.97 Å². The minimum Gasteiger partial charge on any atom is -0.491 e. The third-order valence-electron chi connectivity index (χ3n) is 4.79. The van der Waals surface area contributed by atoms with E-state index in [4.69, 9.17) is 14.2 Å². The van der Waals surface area contributed by atoms with E-state index in [9.17, 15) is 13.2 Å². The maximum atomic E-state index is 13.5. The Morgan fingerprint density at radius 2 is 1.88 bits per heavy atom. The molecule has 33 heavy (non-hydrogen) atoms. The third-order valence-corrected chi connectivity index (χ3v) is 4.79. The smallest absolute Gasteiger partial charge is 0.420 e.